The third kappa shape index (κ3) is 4.35. The van der Waals surface area contributed by atoms with Gasteiger partial charge >= 0.3 is 0 Å². The maximum Gasteiger partial charge on any atom is 0.247 e. The number of methoxy groups -OCH3 is 1. The van der Waals surface area contributed by atoms with E-state index in [1.165, 1.54) is 19.2 Å². The molecule has 0 atom stereocenters. The number of allylic oxidation sites excluding steroid dienone is 2. The number of hydrogen-bond donors (Lipinski definition) is 2. The summed E-state index contributed by atoms with van der Waals surface area (Å²) in [6.45, 7) is 0.321. The van der Waals surface area contributed by atoms with Crippen molar-refractivity contribution in [1.82, 2.24) is 5.32 Å². The fourth-order valence-electron chi connectivity index (χ4n) is 2.24. The van der Waals surface area contributed by atoms with Crippen molar-refractivity contribution in [3.63, 3.8) is 0 Å². The smallest absolute Gasteiger partial charge is 0.247 e. The maximum atomic E-state index is 12.2. The minimum Gasteiger partial charge on any atom is -0.495 e. The highest BCUT2D eigenvalue weighted by molar-refractivity contribution is 7.90. The topological polar surface area (TPSA) is 98.5 Å². The minimum atomic E-state index is -3.21. The number of carbonyl (C=O) groups excluding carboxylic acids is 1. The number of carbonyl (C=O) groups is 1. The molecule has 7 heteroatoms. The van der Waals surface area contributed by atoms with Gasteiger partial charge in [-0.1, -0.05) is 12.1 Å². The largest absolute Gasteiger partial charge is 0.495 e. The normalized spacial score (nSPS) is 15.1. The Hall–Kier alpha value is -2.28. The summed E-state index contributed by atoms with van der Waals surface area (Å²) in [6.07, 6.45) is 3.97. The molecule has 0 bridgehead atoms. The van der Waals surface area contributed by atoms with Crippen LogP contribution in [0.4, 0.5) is 0 Å². The highest BCUT2D eigenvalue weighted by atomic mass is 32.2. The van der Waals surface area contributed by atoms with Crippen molar-refractivity contribution in [3.8, 4) is 0 Å². The van der Waals surface area contributed by atoms with Crippen LogP contribution in [0.25, 0.3) is 0 Å². The zero-order chi connectivity index (χ0) is 17.0. The molecule has 1 aromatic rings. The van der Waals surface area contributed by atoms with Crippen molar-refractivity contribution in [2.24, 2.45) is 5.73 Å². The van der Waals surface area contributed by atoms with Crippen molar-refractivity contribution in [1.29, 1.82) is 0 Å². The van der Waals surface area contributed by atoms with Gasteiger partial charge in [0, 0.05) is 18.4 Å². The summed E-state index contributed by atoms with van der Waals surface area (Å²) >= 11 is 0. The molecule has 0 saturated heterocycles. The van der Waals surface area contributed by atoms with Gasteiger partial charge in [0.05, 0.1) is 17.7 Å². The van der Waals surface area contributed by atoms with E-state index in [2.05, 4.69) is 5.32 Å². The molecule has 23 heavy (non-hydrogen) atoms. The number of ether oxygens (including phenoxy) is 1. The lowest BCUT2D eigenvalue weighted by Gasteiger charge is -2.16. The molecule has 2 rings (SSSR count). The molecular weight excluding hydrogens is 316 g/mol. The number of amides is 1. The van der Waals surface area contributed by atoms with E-state index in [9.17, 15) is 13.2 Å². The van der Waals surface area contributed by atoms with E-state index < -0.39 is 9.84 Å². The first-order valence-electron chi connectivity index (χ1n) is 7.11. The molecule has 0 aliphatic heterocycles. The first-order valence-corrected chi connectivity index (χ1v) is 9.01. The monoisotopic (exact) mass is 336 g/mol. The Morgan fingerprint density at radius 3 is 2.48 bits per heavy atom. The molecule has 0 unspecified atom stereocenters. The molecular formula is C16H20N2O4S. The summed E-state index contributed by atoms with van der Waals surface area (Å²) in [5.41, 5.74) is 7.87. The lowest BCUT2D eigenvalue weighted by Crippen LogP contribution is -2.26. The fourth-order valence-corrected chi connectivity index (χ4v) is 2.87. The second-order valence-corrected chi connectivity index (χ2v) is 7.38. The molecule has 1 amide bonds. The second-order valence-electron chi connectivity index (χ2n) is 5.36. The molecule has 0 heterocycles. The Morgan fingerprint density at radius 2 is 1.91 bits per heavy atom. The van der Waals surface area contributed by atoms with Gasteiger partial charge in [0.1, 0.15) is 5.76 Å². The average molecular weight is 336 g/mol. The standard InChI is InChI=1S/C16H20N2O4S/c1-22-15-9-12(5-8-14(15)17)16(19)18-10-11-3-6-13(7-4-11)23(2,20)21/h3-4,6-7,9H,5,8,10,17H2,1-2H3,(H,18,19). The van der Waals surface area contributed by atoms with Gasteiger partial charge in [-0.05, 0) is 36.6 Å². The lowest BCUT2D eigenvalue weighted by molar-refractivity contribution is -0.117. The van der Waals surface area contributed by atoms with Gasteiger partial charge in [-0.15, -0.1) is 0 Å². The summed E-state index contributed by atoms with van der Waals surface area (Å²) in [5.74, 6) is 0.346. The van der Waals surface area contributed by atoms with Crippen LogP contribution in [-0.2, 0) is 25.9 Å². The Bertz CT molecular complexity index is 762. The summed E-state index contributed by atoms with van der Waals surface area (Å²) in [7, 11) is -1.69. The molecule has 0 spiro atoms. The number of sulfone groups is 1. The quantitative estimate of drug-likeness (QED) is 0.843. The zero-order valence-corrected chi connectivity index (χ0v) is 13.9. The Morgan fingerprint density at radius 1 is 1.26 bits per heavy atom. The van der Waals surface area contributed by atoms with Crippen LogP contribution in [-0.4, -0.2) is 27.7 Å². The zero-order valence-electron chi connectivity index (χ0n) is 13.1. The first kappa shape index (κ1) is 17.1. The van der Waals surface area contributed by atoms with Crippen molar-refractivity contribution >= 4 is 15.7 Å². The number of nitrogens with one attached hydrogen (secondary N) is 1. The van der Waals surface area contributed by atoms with E-state index in [1.807, 2.05) is 0 Å². The first-order chi connectivity index (χ1) is 10.8. The number of rotatable bonds is 5. The van der Waals surface area contributed by atoms with Crippen molar-refractivity contribution in [2.75, 3.05) is 13.4 Å². The summed E-state index contributed by atoms with van der Waals surface area (Å²) in [6, 6.07) is 6.43. The molecule has 1 aliphatic carbocycles. The van der Waals surface area contributed by atoms with Crippen molar-refractivity contribution in [3.05, 3.63) is 52.9 Å². The second kappa shape index (κ2) is 6.87. The third-order valence-electron chi connectivity index (χ3n) is 3.60. The third-order valence-corrected chi connectivity index (χ3v) is 4.73. The van der Waals surface area contributed by atoms with Crippen LogP contribution in [0.2, 0.25) is 0 Å². The Balaban J connectivity index is 2.00. The van der Waals surface area contributed by atoms with Crippen LogP contribution in [0.5, 0.6) is 0 Å². The average Bonchev–Trinajstić information content (AvgIpc) is 2.52. The van der Waals surface area contributed by atoms with E-state index in [4.69, 9.17) is 10.5 Å². The predicted molar refractivity (Wildman–Crippen MR) is 86.9 cm³/mol. The van der Waals surface area contributed by atoms with E-state index in [0.29, 0.717) is 36.4 Å². The van der Waals surface area contributed by atoms with Gasteiger partial charge < -0.3 is 15.8 Å². The predicted octanol–water partition coefficient (Wildman–Crippen LogP) is 1.24. The van der Waals surface area contributed by atoms with Crippen LogP contribution in [0.15, 0.2) is 52.3 Å². The van der Waals surface area contributed by atoms with Crippen LogP contribution >= 0.6 is 0 Å². The van der Waals surface area contributed by atoms with Crippen LogP contribution < -0.4 is 11.1 Å². The van der Waals surface area contributed by atoms with Gasteiger partial charge in [0.2, 0.25) is 5.91 Å². The minimum absolute atomic E-state index is 0.181. The van der Waals surface area contributed by atoms with E-state index >= 15 is 0 Å². The number of benzene rings is 1. The van der Waals surface area contributed by atoms with E-state index in [1.54, 1.807) is 18.2 Å². The van der Waals surface area contributed by atoms with Crippen LogP contribution in [0.1, 0.15) is 18.4 Å². The SMILES string of the molecule is COC1=C(N)CCC(C(=O)NCc2ccc(S(C)(=O)=O)cc2)=C1. The highest BCUT2D eigenvalue weighted by Gasteiger charge is 2.17. The summed E-state index contributed by atoms with van der Waals surface area (Å²) in [4.78, 5) is 12.4. The molecule has 1 aliphatic rings. The summed E-state index contributed by atoms with van der Waals surface area (Å²) < 4.78 is 27.9. The molecule has 0 fully saturated rings. The molecule has 1 aromatic carbocycles. The van der Waals surface area contributed by atoms with Crippen molar-refractivity contribution in [2.45, 2.75) is 24.3 Å². The fraction of sp³-hybridized carbons (Fsp3) is 0.312. The molecule has 0 aromatic heterocycles. The Kier molecular flexibility index (Phi) is 5.10. The maximum absolute atomic E-state index is 12.2. The van der Waals surface area contributed by atoms with Crippen LogP contribution in [0.3, 0.4) is 0 Å². The van der Waals surface area contributed by atoms with Crippen molar-refractivity contribution < 1.29 is 17.9 Å². The van der Waals surface area contributed by atoms with Gasteiger partial charge in [-0.25, -0.2) is 8.42 Å². The van der Waals surface area contributed by atoms with E-state index in [0.717, 1.165) is 11.8 Å². The summed E-state index contributed by atoms with van der Waals surface area (Å²) in [5, 5.41) is 2.81. The van der Waals surface area contributed by atoms with Gasteiger partial charge in [0.25, 0.3) is 0 Å². The van der Waals surface area contributed by atoms with Gasteiger partial charge in [0.15, 0.2) is 9.84 Å². The van der Waals surface area contributed by atoms with Gasteiger partial charge in [-0.2, -0.15) is 0 Å². The molecule has 124 valence electrons. The van der Waals surface area contributed by atoms with E-state index in [-0.39, 0.29) is 10.8 Å². The molecule has 0 radical (unpaired) electrons. The lowest BCUT2D eigenvalue weighted by atomic mass is 10.0. The Labute approximate surface area is 135 Å². The van der Waals surface area contributed by atoms with Crippen LogP contribution in [0, 0.1) is 0 Å². The molecule has 6 nitrogen and oxygen atoms in total. The molecule has 0 saturated carbocycles. The highest BCUT2D eigenvalue weighted by Crippen LogP contribution is 2.21. The number of hydrogen-bond acceptors (Lipinski definition) is 5. The molecule has 3 N–H and O–H groups in total. The van der Waals surface area contributed by atoms with Gasteiger partial charge in [-0.3, -0.25) is 4.79 Å². The number of nitrogens with two attached hydrogens (primary N) is 1.